The number of halogens is 1. The molecule has 0 unspecified atom stereocenters. The second-order valence-corrected chi connectivity index (χ2v) is 8.38. The number of hydrogen-bond acceptors (Lipinski definition) is 8. The number of carbonyl (C=O) groups is 1. The standard InChI is InChI=1S/C20H22ClN9O2/c1-28-12-3-2-10(21)6-11(12)25-15(28)4-5-16(32)29-7-13(14(31)8-29)30-9-24-17-18(22)26-20(23)27-19(17)30/h2-3,6,9,13-14,31H,4-5,7-8H2,1H3,(H4,22,23,26,27)/t13-,14-/m0/s1. The van der Waals surface area contributed by atoms with Gasteiger partial charge in [0.2, 0.25) is 11.9 Å². The zero-order valence-electron chi connectivity index (χ0n) is 17.3. The van der Waals surface area contributed by atoms with E-state index in [0.29, 0.717) is 29.2 Å². The van der Waals surface area contributed by atoms with E-state index in [0.717, 1.165) is 16.9 Å². The number of benzene rings is 1. The molecule has 11 nitrogen and oxygen atoms in total. The third-order valence-electron chi connectivity index (χ3n) is 5.93. The fourth-order valence-electron chi connectivity index (χ4n) is 4.27. The van der Waals surface area contributed by atoms with Crippen LogP contribution >= 0.6 is 11.6 Å². The average Bonchev–Trinajstić information content (AvgIpc) is 3.41. The Labute approximate surface area is 187 Å². The SMILES string of the molecule is Cn1c(CCC(=O)N2C[C@H](O)[C@@H](n3cnc4c(N)nc(N)nc43)C2)nc2cc(Cl)ccc21. The first kappa shape index (κ1) is 20.5. The van der Waals surface area contributed by atoms with Gasteiger partial charge in [0.25, 0.3) is 0 Å². The van der Waals surface area contributed by atoms with Crippen LogP contribution in [0.1, 0.15) is 18.3 Å². The van der Waals surface area contributed by atoms with E-state index in [1.165, 1.54) is 0 Å². The summed E-state index contributed by atoms with van der Waals surface area (Å²) in [6, 6.07) is 5.13. The van der Waals surface area contributed by atoms with Crippen molar-refractivity contribution >= 4 is 51.5 Å². The third-order valence-corrected chi connectivity index (χ3v) is 6.17. The number of fused-ring (bicyclic) bond motifs is 2. The number of imidazole rings is 2. The van der Waals surface area contributed by atoms with Gasteiger partial charge in [-0.3, -0.25) is 4.79 Å². The number of likely N-dealkylation sites (tertiary alicyclic amines) is 1. The van der Waals surface area contributed by atoms with Crippen molar-refractivity contribution in [3.05, 3.63) is 35.4 Å². The molecular formula is C20H22ClN9O2. The van der Waals surface area contributed by atoms with Crippen LogP contribution in [0.3, 0.4) is 0 Å². The summed E-state index contributed by atoms with van der Waals surface area (Å²) in [5.41, 5.74) is 14.2. The van der Waals surface area contributed by atoms with Crippen molar-refractivity contribution in [2.75, 3.05) is 24.6 Å². The number of nitrogens with zero attached hydrogens (tertiary/aromatic N) is 7. The summed E-state index contributed by atoms with van der Waals surface area (Å²) in [5.74, 6) is 0.946. The highest BCUT2D eigenvalue weighted by Gasteiger charge is 2.36. The van der Waals surface area contributed by atoms with Gasteiger partial charge in [0, 0.05) is 38.0 Å². The van der Waals surface area contributed by atoms with Gasteiger partial charge in [-0.2, -0.15) is 9.97 Å². The van der Waals surface area contributed by atoms with Crippen LogP contribution in [0.2, 0.25) is 5.02 Å². The lowest BCUT2D eigenvalue weighted by Crippen LogP contribution is -2.30. The molecule has 2 atom stereocenters. The van der Waals surface area contributed by atoms with Crippen LogP contribution in [0, 0.1) is 0 Å². The number of rotatable bonds is 4. The molecule has 4 aromatic rings. The Morgan fingerprint density at radius 1 is 1.25 bits per heavy atom. The Kier molecular flexibility index (Phi) is 4.86. The molecule has 1 aromatic carbocycles. The topological polar surface area (TPSA) is 154 Å². The summed E-state index contributed by atoms with van der Waals surface area (Å²) in [5, 5.41) is 11.3. The number of hydrogen-bond donors (Lipinski definition) is 3. The molecule has 12 heteroatoms. The van der Waals surface area contributed by atoms with Gasteiger partial charge >= 0.3 is 0 Å². The molecule has 4 heterocycles. The number of aliphatic hydroxyl groups is 1. The fraction of sp³-hybridized carbons (Fsp3) is 0.350. The summed E-state index contributed by atoms with van der Waals surface area (Å²) in [7, 11) is 1.92. The highest BCUT2D eigenvalue weighted by molar-refractivity contribution is 6.31. The van der Waals surface area contributed by atoms with Crippen molar-refractivity contribution in [1.29, 1.82) is 0 Å². The smallest absolute Gasteiger partial charge is 0.224 e. The van der Waals surface area contributed by atoms with Crippen molar-refractivity contribution in [2.45, 2.75) is 25.0 Å². The van der Waals surface area contributed by atoms with E-state index < -0.39 is 12.1 Å². The maximum atomic E-state index is 12.9. The third kappa shape index (κ3) is 3.39. The number of nitrogens with two attached hydrogens (primary N) is 2. The van der Waals surface area contributed by atoms with E-state index in [9.17, 15) is 9.90 Å². The van der Waals surface area contributed by atoms with Crippen LogP contribution in [0.5, 0.6) is 0 Å². The van der Waals surface area contributed by atoms with Gasteiger partial charge in [0.1, 0.15) is 11.3 Å². The lowest BCUT2D eigenvalue weighted by Gasteiger charge is -2.17. The van der Waals surface area contributed by atoms with Gasteiger partial charge in [0.05, 0.1) is 29.5 Å². The summed E-state index contributed by atoms with van der Waals surface area (Å²) in [6.45, 7) is 0.546. The number of nitrogen functional groups attached to an aromatic ring is 2. The Hall–Kier alpha value is -3.44. The van der Waals surface area contributed by atoms with E-state index in [4.69, 9.17) is 23.1 Å². The van der Waals surface area contributed by atoms with E-state index in [1.54, 1.807) is 15.8 Å². The maximum absolute atomic E-state index is 12.9. The zero-order chi connectivity index (χ0) is 22.6. The van der Waals surface area contributed by atoms with Crippen LogP contribution in [0.4, 0.5) is 11.8 Å². The molecule has 0 radical (unpaired) electrons. The molecule has 1 saturated heterocycles. The molecule has 1 amide bonds. The van der Waals surface area contributed by atoms with Gasteiger partial charge in [-0.15, -0.1) is 0 Å². The van der Waals surface area contributed by atoms with E-state index in [1.807, 2.05) is 29.8 Å². The van der Waals surface area contributed by atoms with Gasteiger partial charge in [0.15, 0.2) is 11.5 Å². The first-order chi connectivity index (χ1) is 15.3. The van der Waals surface area contributed by atoms with Gasteiger partial charge in [-0.25, -0.2) is 9.97 Å². The average molecular weight is 456 g/mol. The molecule has 1 aliphatic rings. The molecule has 0 bridgehead atoms. The lowest BCUT2D eigenvalue weighted by atomic mass is 10.2. The number of aliphatic hydroxyl groups excluding tert-OH is 1. The van der Waals surface area contributed by atoms with Crippen molar-refractivity contribution < 1.29 is 9.90 Å². The molecule has 0 spiro atoms. The molecule has 0 saturated carbocycles. The van der Waals surface area contributed by atoms with E-state index in [-0.39, 0.29) is 30.6 Å². The maximum Gasteiger partial charge on any atom is 0.224 e. The number of aromatic nitrogens is 6. The van der Waals surface area contributed by atoms with Crippen LogP contribution < -0.4 is 11.5 Å². The summed E-state index contributed by atoms with van der Waals surface area (Å²) in [6.07, 6.45) is 1.53. The minimum absolute atomic E-state index is 0.0286. The van der Waals surface area contributed by atoms with Crippen LogP contribution in [0.15, 0.2) is 24.5 Å². The molecule has 5 N–H and O–H groups in total. The van der Waals surface area contributed by atoms with Crippen molar-refractivity contribution in [2.24, 2.45) is 7.05 Å². The van der Waals surface area contributed by atoms with Crippen LogP contribution in [-0.4, -0.2) is 64.2 Å². The highest BCUT2D eigenvalue weighted by atomic mass is 35.5. The lowest BCUT2D eigenvalue weighted by molar-refractivity contribution is -0.130. The second-order valence-electron chi connectivity index (χ2n) is 7.94. The Balaban J connectivity index is 1.31. The van der Waals surface area contributed by atoms with Crippen LogP contribution in [0.25, 0.3) is 22.2 Å². The van der Waals surface area contributed by atoms with Gasteiger partial charge in [-0.05, 0) is 18.2 Å². The molecular weight excluding hydrogens is 434 g/mol. The van der Waals surface area contributed by atoms with Crippen LogP contribution in [-0.2, 0) is 18.3 Å². The predicted octanol–water partition coefficient (Wildman–Crippen LogP) is 0.908. The number of β-amino-alcohol motifs (C(OH)–C–C–N with tert-alkyl or cyclic N) is 1. The fourth-order valence-corrected chi connectivity index (χ4v) is 4.43. The first-order valence-corrected chi connectivity index (χ1v) is 10.5. The number of amides is 1. The molecule has 32 heavy (non-hydrogen) atoms. The molecule has 166 valence electrons. The van der Waals surface area contributed by atoms with Gasteiger partial charge < -0.3 is 30.6 Å². The minimum atomic E-state index is -0.772. The molecule has 0 aliphatic carbocycles. The largest absolute Gasteiger partial charge is 0.389 e. The monoisotopic (exact) mass is 455 g/mol. The Morgan fingerprint density at radius 3 is 2.88 bits per heavy atom. The molecule has 1 aliphatic heterocycles. The zero-order valence-corrected chi connectivity index (χ0v) is 18.1. The second kappa shape index (κ2) is 7.61. The van der Waals surface area contributed by atoms with E-state index in [2.05, 4.69) is 19.9 Å². The van der Waals surface area contributed by atoms with Crippen molar-refractivity contribution in [1.82, 2.24) is 34.0 Å². The summed E-state index contributed by atoms with van der Waals surface area (Å²) >= 11 is 6.06. The van der Waals surface area contributed by atoms with E-state index >= 15 is 0 Å². The molecule has 5 rings (SSSR count). The predicted molar refractivity (Wildman–Crippen MR) is 120 cm³/mol. The number of carbonyl (C=O) groups excluding carboxylic acids is 1. The molecule has 1 fully saturated rings. The summed E-state index contributed by atoms with van der Waals surface area (Å²) < 4.78 is 3.67. The Morgan fingerprint density at radius 2 is 2.06 bits per heavy atom. The number of aryl methyl sites for hydroxylation is 2. The number of anilines is 2. The van der Waals surface area contributed by atoms with Crippen molar-refractivity contribution in [3.63, 3.8) is 0 Å². The summed E-state index contributed by atoms with van der Waals surface area (Å²) in [4.78, 5) is 31.5. The quantitative estimate of drug-likeness (QED) is 0.410. The highest BCUT2D eigenvalue weighted by Crippen LogP contribution is 2.28. The Bertz CT molecular complexity index is 1350. The normalized spacial score (nSPS) is 18.8. The molecule has 3 aromatic heterocycles. The first-order valence-electron chi connectivity index (χ1n) is 10.1. The minimum Gasteiger partial charge on any atom is -0.389 e. The van der Waals surface area contributed by atoms with Crippen molar-refractivity contribution in [3.8, 4) is 0 Å². The van der Waals surface area contributed by atoms with Gasteiger partial charge in [-0.1, -0.05) is 11.6 Å².